The molecular weight excluding hydrogens is 297 g/mol. The molecule has 1 nitrogen and oxygen atoms in total. The molecule has 2 aliphatic rings. The van der Waals surface area contributed by atoms with Gasteiger partial charge in [0.2, 0.25) is 0 Å². The number of anilines is 1. The molecule has 0 spiro atoms. The molecule has 2 aromatic rings. The first-order valence-electron chi connectivity index (χ1n) is 7.63. The summed E-state index contributed by atoms with van der Waals surface area (Å²) < 4.78 is 13.6. The van der Waals surface area contributed by atoms with Crippen LogP contribution in [0.1, 0.15) is 35.1 Å². The van der Waals surface area contributed by atoms with Gasteiger partial charge in [0, 0.05) is 16.6 Å². The summed E-state index contributed by atoms with van der Waals surface area (Å²) in [6, 6.07) is 11.1. The monoisotopic (exact) mass is 313 g/mol. The number of hydrogen-bond acceptors (Lipinski definition) is 1. The summed E-state index contributed by atoms with van der Waals surface area (Å²) in [5, 5.41) is 4.40. The number of hydrogen-bond donors (Lipinski definition) is 1. The number of rotatable bonds is 1. The van der Waals surface area contributed by atoms with Crippen molar-refractivity contribution in [3.8, 4) is 0 Å². The molecule has 3 heteroatoms. The van der Waals surface area contributed by atoms with Crippen molar-refractivity contribution in [2.45, 2.75) is 25.3 Å². The Balaban J connectivity index is 1.84. The maximum absolute atomic E-state index is 13.6. The molecule has 22 heavy (non-hydrogen) atoms. The molecule has 1 heterocycles. The third-order valence-electron chi connectivity index (χ3n) is 4.94. The maximum atomic E-state index is 13.6. The van der Waals surface area contributed by atoms with E-state index in [2.05, 4.69) is 23.5 Å². The van der Waals surface area contributed by atoms with Crippen LogP contribution in [-0.4, -0.2) is 0 Å². The van der Waals surface area contributed by atoms with E-state index in [0.29, 0.717) is 11.8 Å². The minimum Gasteiger partial charge on any atom is -0.377 e. The highest BCUT2D eigenvalue weighted by atomic mass is 35.5. The van der Waals surface area contributed by atoms with Gasteiger partial charge in [-0.1, -0.05) is 42.0 Å². The fraction of sp³-hybridized carbons (Fsp3) is 0.263. The number of nitrogens with one attached hydrogen (secondary N) is 1. The minimum absolute atomic E-state index is 0.111. The van der Waals surface area contributed by atoms with Gasteiger partial charge in [-0.2, -0.15) is 0 Å². The van der Waals surface area contributed by atoms with E-state index in [4.69, 9.17) is 11.6 Å². The smallest absolute Gasteiger partial charge is 0.123 e. The van der Waals surface area contributed by atoms with E-state index < -0.39 is 0 Å². The van der Waals surface area contributed by atoms with Crippen molar-refractivity contribution in [2.24, 2.45) is 5.92 Å². The molecule has 4 rings (SSSR count). The highest BCUT2D eigenvalue weighted by Crippen LogP contribution is 2.51. The minimum atomic E-state index is -0.185. The average molecular weight is 314 g/mol. The molecular formula is C19H17ClFN. The van der Waals surface area contributed by atoms with Crippen molar-refractivity contribution in [1.82, 2.24) is 0 Å². The van der Waals surface area contributed by atoms with Gasteiger partial charge in [-0.15, -0.1) is 0 Å². The molecule has 1 N–H and O–H groups in total. The Bertz CT molecular complexity index is 768. The molecule has 0 unspecified atom stereocenters. The Labute approximate surface area is 134 Å². The normalized spacial score (nSPS) is 25.5. The summed E-state index contributed by atoms with van der Waals surface area (Å²) in [5.74, 6) is 0.616. The second-order valence-corrected chi connectivity index (χ2v) is 6.57. The van der Waals surface area contributed by atoms with Gasteiger partial charge < -0.3 is 5.32 Å². The first kappa shape index (κ1) is 13.8. The fourth-order valence-electron chi connectivity index (χ4n) is 3.82. The van der Waals surface area contributed by atoms with Crippen LogP contribution >= 0.6 is 11.6 Å². The largest absolute Gasteiger partial charge is 0.377 e. The lowest BCUT2D eigenvalue weighted by molar-refractivity contribution is 0.424. The zero-order valence-electron chi connectivity index (χ0n) is 12.3. The van der Waals surface area contributed by atoms with E-state index in [-0.39, 0.29) is 11.9 Å². The van der Waals surface area contributed by atoms with Crippen molar-refractivity contribution >= 4 is 17.3 Å². The van der Waals surface area contributed by atoms with E-state index in [1.807, 2.05) is 19.1 Å². The van der Waals surface area contributed by atoms with Crippen molar-refractivity contribution < 1.29 is 4.39 Å². The van der Waals surface area contributed by atoms with E-state index in [1.54, 1.807) is 12.1 Å². The third kappa shape index (κ3) is 2.05. The first-order valence-corrected chi connectivity index (χ1v) is 8.00. The van der Waals surface area contributed by atoms with Crippen LogP contribution in [0.2, 0.25) is 5.02 Å². The molecule has 3 atom stereocenters. The first-order chi connectivity index (χ1) is 10.6. The van der Waals surface area contributed by atoms with Crippen molar-refractivity contribution in [3.05, 3.63) is 76.1 Å². The number of benzene rings is 2. The molecule has 2 aromatic carbocycles. The standard InChI is InChI=1S/C19H17ClFN/c1-11-17(20)9-8-16-14-6-3-7-15(14)19(22-18(11)16)12-4-2-5-13(21)10-12/h2-6,8-10,14-15,19,22H,7H2,1H3/t14-,15-,19+/m0/s1. The van der Waals surface area contributed by atoms with Crippen LogP contribution in [0.25, 0.3) is 0 Å². The molecule has 112 valence electrons. The van der Waals surface area contributed by atoms with Gasteiger partial charge in [-0.3, -0.25) is 0 Å². The molecule has 1 aliphatic carbocycles. The van der Waals surface area contributed by atoms with Gasteiger partial charge >= 0.3 is 0 Å². The Hall–Kier alpha value is -1.80. The van der Waals surface area contributed by atoms with Gasteiger partial charge in [0.05, 0.1) is 6.04 Å². The number of halogens is 2. The fourth-order valence-corrected chi connectivity index (χ4v) is 3.98. The van der Waals surface area contributed by atoms with Gasteiger partial charge in [-0.25, -0.2) is 4.39 Å². The Morgan fingerprint density at radius 3 is 2.91 bits per heavy atom. The highest BCUT2D eigenvalue weighted by molar-refractivity contribution is 6.31. The zero-order valence-corrected chi connectivity index (χ0v) is 13.1. The quantitative estimate of drug-likeness (QED) is 0.674. The van der Waals surface area contributed by atoms with Crippen LogP contribution in [0.4, 0.5) is 10.1 Å². The summed E-state index contributed by atoms with van der Waals surface area (Å²) in [7, 11) is 0. The molecule has 0 aromatic heterocycles. The summed E-state index contributed by atoms with van der Waals surface area (Å²) in [5.41, 5.74) is 4.48. The third-order valence-corrected chi connectivity index (χ3v) is 5.35. The van der Waals surface area contributed by atoms with Crippen molar-refractivity contribution in [2.75, 3.05) is 5.32 Å². The van der Waals surface area contributed by atoms with Crippen LogP contribution in [-0.2, 0) is 0 Å². The summed E-state index contributed by atoms with van der Waals surface area (Å²) >= 11 is 6.29. The van der Waals surface area contributed by atoms with Gasteiger partial charge in [0.1, 0.15) is 5.82 Å². The second kappa shape index (κ2) is 5.13. The number of allylic oxidation sites excluding steroid dienone is 2. The molecule has 0 fully saturated rings. The van der Waals surface area contributed by atoms with Crippen LogP contribution in [0, 0.1) is 18.7 Å². The van der Waals surface area contributed by atoms with Crippen LogP contribution in [0.3, 0.4) is 0 Å². The van der Waals surface area contributed by atoms with Crippen molar-refractivity contribution in [3.63, 3.8) is 0 Å². The van der Waals surface area contributed by atoms with Gasteiger partial charge in [0.25, 0.3) is 0 Å². The second-order valence-electron chi connectivity index (χ2n) is 6.17. The number of fused-ring (bicyclic) bond motifs is 3. The predicted molar refractivity (Wildman–Crippen MR) is 88.9 cm³/mol. The van der Waals surface area contributed by atoms with Crippen molar-refractivity contribution in [1.29, 1.82) is 0 Å². The van der Waals surface area contributed by atoms with Gasteiger partial charge in [-0.05, 0) is 54.2 Å². The topological polar surface area (TPSA) is 12.0 Å². The maximum Gasteiger partial charge on any atom is 0.123 e. The SMILES string of the molecule is Cc1c(Cl)ccc2c1N[C@H](c1cccc(F)c1)[C@H]1CC=C[C@H]21. The lowest BCUT2D eigenvalue weighted by atomic mass is 9.76. The Morgan fingerprint density at radius 1 is 1.23 bits per heavy atom. The van der Waals surface area contributed by atoms with E-state index in [1.165, 1.54) is 11.6 Å². The molecule has 0 saturated heterocycles. The Kier molecular flexibility index (Phi) is 3.23. The average Bonchev–Trinajstić information content (AvgIpc) is 3.00. The molecule has 0 bridgehead atoms. The zero-order chi connectivity index (χ0) is 15.3. The van der Waals surface area contributed by atoms with Crippen LogP contribution < -0.4 is 5.32 Å². The van der Waals surface area contributed by atoms with E-state index >= 15 is 0 Å². The Morgan fingerprint density at radius 2 is 2.09 bits per heavy atom. The summed E-state index contributed by atoms with van der Waals surface area (Å²) in [4.78, 5) is 0. The van der Waals surface area contributed by atoms with E-state index in [0.717, 1.165) is 28.3 Å². The predicted octanol–water partition coefficient (Wildman–Crippen LogP) is 5.61. The summed E-state index contributed by atoms with van der Waals surface area (Å²) in [6.07, 6.45) is 5.53. The van der Waals surface area contributed by atoms with Crippen LogP contribution in [0.5, 0.6) is 0 Å². The molecule has 0 radical (unpaired) electrons. The lowest BCUT2D eigenvalue weighted by Crippen LogP contribution is -2.29. The van der Waals surface area contributed by atoms with Crippen LogP contribution in [0.15, 0.2) is 48.6 Å². The van der Waals surface area contributed by atoms with Gasteiger partial charge in [0.15, 0.2) is 0 Å². The highest BCUT2D eigenvalue weighted by Gasteiger charge is 2.38. The molecule has 0 amide bonds. The molecule has 0 saturated carbocycles. The lowest BCUT2D eigenvalue weighted by Gasteiger charge is -2.38. The summed E-state index contributed by atoms with van der Waals surface area (Å²) in [6.45, 7) is 2.04. The molecule has 1 aliphatic heterocycles. The van der Waals surface area contributed by atoms with E-state index in [9.17, 15) is 4.39 Å².